The average molecular weight is 659 g/mol. The van der Waals surface area contributed by atoms with Crippen molar-refractivity contribution in [2.45, 2.75) is 104 Å². The SMILES string of the molecule is CO[C@H]1[C@@H](OC(=O)/C(C)=C\C(=O)/C=C/C(C)O)[C@H](O)[C@H](OC[C@@]23C[C@@H]4[C@H](C)CC[C@H]4[C@@]4(C=O)C[C@@H]2C=C(C(C)C)[C@@]34C(=O)O)O[C@@H]1C. The zero-order chi connectivity index (χ0) is 34.6. The van der Waals surface area contributed by atoms with Crippen LogP contribution in [0.5, 0.6) is 0 Å². The molecule has 260 valence electrons. The van der Waals surface area contributed by atoms with E-state index in [0.29, 0.717) is 18.8 Å². The molecule has 1 saturated heterocycles. The van der Waals surface area contributed by atoms with Gasteiger partial charge >= 0.3 is 11.9 Å². The molecule has 47 heavy (non-hydrogen) atoms. The van der Waals surface area contributed by atoms with E-state index in [0.717, 1.165) is 36.9 Å². The minimum Gasteiger partial charge on any atom is -0.481 e. The number of esters is 1. The minimum absolute atomic E-state index is 0.0198. The molecule has 5 rings (SSSR count). The molecule has 4 bridgehead atoms. The number of carboxylic acid groups (broad SMARTS) is 1. The third kappa shape index (κ3) is 5.28. The molecule has 3 saturated carbocycles. The number of aliphatic hydroxyl groups is 2. The average Bonchev–Trinajstić information content (AvgIpc) is 3.58. The third-order valence-corrected chi connectivity index (χ3v) is 12.1. The number of hydrogen-bond donors (Lipinski definition) is 3. The number of ether oxygens (including phenoxy) is 4. The fraction of sp³-hybridized carbons (Fsp3) is 0.722. The van der Waals surface area contributed by atoms with Gasteiger partial charge in [-0.1, -0.05) is 44.9 Å². The molecular formula is C36H50O11. The summed E-state index contributed by atoms with van der Waals surface area (Å²) in [6.07, 6.45) is 2.89. The highest BCUT2D eigenvalue weighted by Crippen LogP contribution is 2.82. The summed E-state index contributed by atoms with van der Waals surface area (Å²) in [5.74, 6) is -2.21. The Morgan fingerprint density at radius 2 is 1.83 bits per heavy atom. The number of aldehydes is 1. The number of aliphatic carboxylic acids is 1. The summed E-state index contributed by atoms with van der Waals surface area (Å²) in [6, 6.07) is 0. The van der Waals surface area contributed by atoms with Crippen LogP contribution in [0.4, 0.5) is 0 Å². The second-order valence-corrected chi connectivity index (χ2v) is 14.9. The lowest BCUT2D eigenvalue weighted by molar-refractivity contribution is -0.308. The Morgan fingerprint density at radius 3 is 2.43 bits per heavy atom. The lowest BCUT2D eigenvalue weighted by Crippen LogP contribution is -2.64. The van der Waals surface area contributed by atoms with Crippen molar-refractivity contribution in [3.8, 4) is 0 Å². The number of hydrogen-bond acceptors (Lipinski definition) is 10. The second-order valence-electron chi connectivity index (χ2n) is 14.9. The topological polar surface area (TPSA) is 166 Å². The van der Waals surface area contributed by atoms with E-state index >= 15 is 0 Å². The van der Waals surface area contributed by atoms with Crippen LogP contribution in [0.2, 0.25) is 0 Å². The van der Waals surface area contributed by atoms with Crippen molar-refractivity contribution >= 4 is 24.0 Å². The zero-order valence-electron chi connectivity index (χ0n) is 28.4. The monoisotopic (exact) mass is 658 g/mol. The molecular weight excluding hydrogens is 608 g/mol. The maximum Gasteiger partial charge on any atom is 0.334 e. The van der Waals surface area contributed by atoms with Gasteiger partial charge in [0.2, 0.25) is 0 Å². The molecule has 3 N–H and O–H groups in total. The molecule has 1 unspecified atom stereocenters. The van der Waals surface area contributed by atoms with Gasteiger partial charge in [-0.25, -0.2) is 4.79 Å². The summed E-state index contributed by atoms with van der Waals surface area (Å²) in [4.78, 5) is 52.3. The molecule has 0 amide bonds. The van der Waals surface area contributed by atoms with Crippen LogP contribution in [0, 0.1) is 45.8 Å². The van der Waals surface area contributed by atoms with Gasteiger partial charge in [0.1, 0.15) is 23.9 Å². The zero-order valence-corrected chi connectivity index (χ0v) is 28.4. The number of carbonyl (C=O) groups is 4. The number of carboxylic acids is 1. The minimum atomic E-state index is -1.51. The predicted molar refractivity (Wildman–Crippen MR) is 169 cm³/mol. The first-order valence-electron chi connectivity index (χ1n) is 16.8. The van der Waals surface area contributed by atoms with Gasteiger partial charge in [0.05, 0.1) is 24.2 Å². The van der Waals surface area contributed by atoms with Crippen molar-refractivity contribution < 1.29 is 53.4 Å². The Hall–Kier alpha value is -2.70. The molecule has 1 heterocycles. The smallest absolute Gasteiger partial charge is 0.334 e. The summed E-state index contributed by atoms with van der Waals surface area (Å²) < 4.78 is 23.8. The van der Waals surface area contributed by atoms with Gasteiger partial charge in [0, 0.05) is 18.1 Å². The second kappa shape index (κ2) is 13.0. The first-order chi connectivity index (χ1) is 22.1. The maximum atomic E-state index is 13.7. The van der Waals surface area contributed by atoms with Gasteiger partial charge in [0.15, 0.2) is 18.2 Å². The Kier molecular flexibility index (Phi) is 9.82. The molecule has 11 nitrogen and oxygen atoms in total. The highest BCUT2D eigenvalue weighted by Gasteiger charge is 2.84. The first kappa shape index (κ1) is 35.6. The highest BCUT2D eigenvalue weighted by atomic mass is 16.7. The molecule has 4 aliphatic carbocycles. The predicted octanol–water partition coefficient (Wildman–Crippen LogP) is 3.41. The van der Waals surface area contributed by atoms with E-state index in [1.807, 2.05) is 13.8 Å². The fourth-order valence-corrected chi connectivity index (χ4v) is 10.2. The van der Waals surface area contributed by atoms with E-state index in [-0.39, 0.29) is 35.9 Å². The normalized spacial score (nSPS) is 43.1. The van der Waals surface area contributed by atoms with Crippen LogP contribution < -0.4 is 0 Å². The number of ketones is 1. The molecule has 0 aromatic carbocycles. The number of methoxy groups -OCH3 is 1. The van der Waals surface area contributed by atoms with Crippen LogP contribution in [0.25, 0.3) is 0 Å². The Morgan fingerprint density at radius 1 is 1.13 bits per heavy atom. The molecule has 4 fully saturated rings. The molecule has 0 aromatic rings. The van der Waals surface area contributed by atoms with Gasteiger partial charge in [-0.3, -0.25) is 9.59 Å². The van der Waals surface area contributed by atoms with Gasteiger partial charge in [-0.15, -0.1) is 0 Å². The van der Waals surface area contributed by atoms with Gasteiger partial charge in [0.25, 0.3) is 0 Å². The Bertz CT molecular complexity index is 1360. The fourth-order valence-electron chi connectivity index (χ4n) is 10.2. The van der Waals surface area contributed by atoms with Crippen LogP contribution in [0.15, 0.2) is 35.5 Å². The van der Waals surface area contributed by atoms with E-state index in [9.17, 15) is 34.5 Å². The lowest BCUT2D eigenvalue weighted by atomic mass is 9.43. The van der Waals surface area contributed by atoms with Gasteiger partial charge < -0.3 is 39.1 Å². The van der Waals surface area contributed by atoms with Crippen molar-refractivity contribution in [3.63, 3.8) is 0 Å². The standard InChI is InChI=1S/C36H50O11/c1-18(2)27-13-23-14-34(16-37)26-11-8-19(3)25(26)15-35(23,36(27,34)33(42)43)17-45-32-28(40)30(29(44-7)22(6)46-32)47-31(41)20(4)12-24(39)10-9-21(5)38/h9-10,12-13,16,18-19,21-23,25-26,28-30,32,38,40H,8,11,14-15,17H2,1-7H3,(H,42,43)/b10-9+,20-12-/t19-,21?,22-,23+,25-,26-,28+,29-,30+,32-,34+,35+,36+/m1/s1. The van der Waals surface area contributed by atoms with Crippen molar-refractivity contribution in [3.05, 3.63) is 35.5 Å². The van der Waals surface area contributed by atoms with Gasteiger partial charge in [-0.05, 0) is 81.8 Å². The summed E-state index contributed by atoms with van der Waals surface area (Å²) in [6.45, 7) is 10.6. The van der Waals surface area contributed by atoms with Crippen molar-refractivity contribution in [2.24, 2.45) is 45.8 Å². The molecule has 1 aliphatic heterocycles. The van der Waals surface area contributed by atoms with Crippen LogP contribution in [-0.4, -0.2) is 89.9 Å². The summed E-state index contributed by atoms with van der Waals surface area (Å²) in [7, 11) is 1.40. The molecule has 13 atom stereocenters. The number of rotatable bonds is 12. The molecule has 0 spiro atoms. The van der Waals surface area contributed by atoms with E-state index in [1.54, 1.807) is 6.92 Å². The van der Waals surface area contributed by atoms with E-state index in [2.05, 4.69) is 13.0 Å². The van der Waals surface area contributed by atoms with Crippen molar-refractivity contribution in [1.29, 1.82) is 0 Å². The lowest BCUT2D eigenvalue weighted by Gasteiger charge is -2.58. The summed E-state index contributed by atoms with van der Waals surface area (Å²) >= 11 is 0. The van der Waals surface area contributed by atoms with E-state index in [4.69, 9.17) is 18.9 Å². The number of aliphatic hydroxyl groups excluding tert-OH is 2. The maximum absolute atomic E-state index is 13.7. The molecule has 0 radical (unpaired) electrons. The third-order valence-electron chi connectivity index (χ3n) is 12.1. The number of carbonyl (C=O) groups excluding carboxylic acids is 3. The van der Waals surface area contributed by atoms with Crippen molar-refractivity contribution in [1.82, 2.24) is 0 Å². The highest BCUT2D eigenvalue weighted by molar-refractivity contribution is 6.04. The molecule has 11 heteroatoms. The largest absolute Gasteiger partial charge is 0.481 e. The molecule has 5 aliphatic rings. The van der Waals surface area contributed by atoms with E-state index in [1.165, 1.54) is 27.0 Å². The van der Waals surface area contributed by atoms with E-state index < -0.39 is 70.8 Å². The Labute approximate surface area is 276 Å². The Balaban J connectivity index is 1.44. The quantitative estimate of drug-likeness (QED) is 0.122. The molecule has 0 aromatic heterocycles. The van der Waals surface area contributed by atoms with Gasteiger partial charge in [-0.2, -0.15) is 0 Å². The van der Waals surface area contributed by atoms with Crippen LogP contribution >= 0.6 is 0 Å². The van der Waals surface area contributed by atoms with Crippen LogP contribution in [-0.2, 0) is 38.1 Å². The number of fused-ring (bicyclic) bond motifs is 2. The van der Waals surface area contributed by atoms with Crippen LogP contribution in [0.3, 0.4) is 0 Å². The summed E-state index contributed by atoms with van der Waals surface area (Å²) in [5.41, 5.74) is -2.68. The summed E-state index contributed by atoms with van der Waals surface area (Å²) in [5, 5.41) is 32.1. The van der Waals surface area contributed by atoms with Crippen molar-refractivity contribution in [2.75, 3.05) is 13.7 Å². The first-order valence-corrected chi connectivity index (χ1v) is 16.8. The van der Waals surface area contributed by atoms with Crippen LogP contribution in [0.1, 0.15) is 67.2 Å². The number of allylic oxidation sites excluding steroid dienone is 3.